The Hall–Kier alpha value is -2.53. The number of carbonyl (C=O) groups excluding carboxylic acids is 1. The van der Waals surface area contributed by atoms with E-state index in [0.29, 0.717) is 24.3 Å². The smallest absolute Gasteiger partial charge is 0.201 e. The summed E-state index contributed by atoms with van der Waals surface area (Å²) in [5.41, 5.74) is -1.12. The number of aliphatic hydroxyl groups is 2. The SMILES string of the molecule is C=CCOCC=C.O=C(c1ccccc1)C(O)(CO)c1ccccc1. The third-order valence-corrected chi connectivity index (χ3v) is 3.36. The topological polar surface area (TPSA) is 66.8 Å². The first-order valence-corrected chi connectivity index (χ1v) is 7.88. The van der Waals surface area contributed by atoms with Gasteiger partial charge in [0, 0.05) is 5.56 Å². The van der Waals surface area contributed by atoms with Crippen LogP contribution < -0.4 is 0 Å². The molecule has 4 heteroatoms. The second kappa shape index (κ2) is 11.1. The van der Waals surface area contributed by atoms with Crippen LogP contribution in [0.5, 0.6) is 0 Å². The molecular formula is C21H24O4. The fraction of sp³-hybridized carbons (Fsp3) is 0.190. The highest BCUT2D eigenvalue weighted by molar-refractivity contribution is 6.02. The molecule has 4 nitrogen and oxygen atoms in total. The highest BCUT2D eigenvalue weighted by atomic mass is 16.5. The highest BCUT2D eigenvalue weighted by Crippen LogP contribution is 2.25. The number of ketones is 1. The number of carbonyl (C=O) groups is 1. The predicted molar refractivity (Wildman–Crippen MR) is 99.4 cm³/mol. The minimum absolute atomic E-state index is 0.373. The van der Waals surface area contributed by atoms with Crippen molar-refractivity contribution in [1.29, 1.82) is 0 Å². The molecule has 2 aromatic rings. The molecule has 0 radical (unpaired) electrons. The highest BCUT2D eigenvalue weighted by Gasteiger charge is 2.37. The van der Waals surface area contributed by atoms with Gasteiger partial charge in [-0.05, 0) is 5.56 Å². The molecule has 0 heterocycles. The van der Waals surface area contributed by atoms with Gasteiger partial charge >= 0.3 is 0 Å². The summed E-state index contributed by atoms with van der Waals surface area (Å²) in [6, 6.07) is 16.9. The fourth-order valence-electron chi connectivity index (χ4n) is 2.07. The predicted octanol–water partition coefficient (Wildman–Crippen LogP) is 3.12. The van der Waals surface area contributed by atoms with Gasteiger partial charge in [0.25, 0.3) is 0 Å². The first-order valence-electron chi connectivity index (χ1n) is 7.88. The maximum atomic E-state index is 12.3. The Morgan fingerprint density at radius 2 is 1.44 bits per heavy atom. The summed E-state index contributed by atoms with van der Waals surface area (Å²) in [6.45, 7) is 7.53. The van der Waals surface area contributed by atoms with Crippen LogP contribution in [-0.4, -0.2) is 35.8 Å². The Morgan fingerprint density at radius 1 is 0.960 bits per heavy atom. The number of rotatable bonds is 8. The van der Waals surface area contributed by atoms with E-state index >= 15 is 0 Å². The van der Waals surface area contributed by atoms with Crippen molar-refractivity contribution in [1.82, 2.24) is 0 Å². The van der Waals surface area contributed by atoms with Crippen molar-refractivity contribution in [3.05, 3.63) is 97.1 Å². The van der Waals surface area contributed by atoms with E-state index in [4.69, 9.17) is 4.74 Å². The van der Waals surface area contributed by atoms with Gasteiger partial charge in [0.05, 0.1) is 19.8 Å². The van der Waals surface area contributed by atoms with Gasteiger partial charge in [-0.2, -0.15) is 0 Å². The number of benzene rings is 2. The van der Waals surface area contributed by atoms with Crippen LogP contribution in [-0.2, 0) is 10.3 Å². The van der Waals surface area contributed by atoms with Crippen molar-refractivity contribution < 1.29 is 19.7 Å². The zero-order valence-electron chi connectivity index (χ0n) is 14.2. The zero-order chi connectivity index (χ0) is 18.5. The standard InChI is InChI=1S/C15H14O3.C6H10O/c16-11-15(18,13-9-5-2-6-10-13)14(17)12-7-3-1-4-8-12;1-3-5-7-6-4-2/h1-10,16,18H,11H2;3-4H,1-2,5-6H2. The van der Waals surface area contributed by atoms with Gasteiger partial charge in [-0.25, -0.2) is 0 Å². The van der Waals surface area contributed by atoms with Crippen LogP contribution in [0.4, 0.5) is 0 Å². The number of Topliss-reactive ketones (excluding diaryl/α,β-unsaturated/α-hetero) is 1. The number of hydrogen-bond donors (Lipinski definition) is 2. The third-order valence-electron chi connectivity index (χ3n) is 3.36. The fourth-order valence-corrected chi connectivity index (χ4v) is 2.07. The number of ether oxygens (including phenoxy) is 1. The summed E-state index contributed by atoms with van der Waals surface area (Å²) in [7, 11) is 0. The average molecular weight is 340 g/mol. The summed E-state index contributed by atoms with van der Waals surface area (Å²) >= 11 is 0. The second-order valence-corrected chi connectivity index (χ2v) is 5.19. The van der Waals surface area contributed by atoms with E-state index in [1.54, 1.807) is 72.8 Å². The molecule has 0 bridgehead atoms. The molecule has 1 unspecified atom stereocenters. The molecule has 1 atom stereocenters. The van der Waals surface area contributed by atoms with Crippen molar-refractivity contribution in [3.63, 3.8) is 0 Å². The van der Waals surface area contributed by atoms with Crippen LogP contribution in [0.3, 0.4) is 0 Å². The lowest BCUT2D eigenvalue weighted by Crippen LogP contribution is -2.39. The zero-order valence-corrected chi connectivity index (χ0v) is 14.2. The normalized spacial score (nSPS) is 12.2. The van der Waals surface area contributed by atoms with E-state index < -0.39 is 18.0 Å². The summed E-state index contributed by atoms with van der Waals surface area (Å²) in [6.07, 6.45) is 3.42. The lowest BCUT2D eigenvalue weighted by Gasteiger charge is -2.24. The molecule has 0 saturated heterocycles. The summed E-state index contributed by atoms with van der Waals surface area (Å²) in [5.74, 6) is -0.503. The Labute approximate surface area is 148 Å². The van der Waals surface area contributed by atoms with Crippen LogP contribution in [0.15, 0.2) is 86.0 Å². The molecule has 2 N–H and O–H groups in total. The quantitative estimate of drug-likeness (QED) is 0.440. The minimum Gasteiger partial charge on any atom is -0.393 e. The molecule has 0 aliphatic carbocycles. The van der Waals surface area contributed by atoms with E-state index in [-0.39, 0.29) is 0 Å². The molecule has 2 rings (SSSR count). The van der Waals surface area contributed by atoms with Crippen LogP contribution in [0, 0.1) is 0 Å². The molecular weight excluding hydrogens is 316 g/mol. The second-order valence-electron chi connectivity index (χ2n) is 5.19. The van der Waals surface area contributed by atoms with Crippen LogP contribution in [0.1, 0.15) is 15.9 Å². The molecule has 132 valence electrons. The van der Waals surface area contributed by atoms with Crippen molar-refractivity contribution in [3.8, 4) is 0 Å². The molecule has 0 aromatic heterocycles. The molecule has 0 aliphatic rings. The van der Waals surface area contributed by atoms with Gasteiger partial charge in [-0.15, -0.1) is 13.2 Å². The van der Waals surface area contributed by atoms with E-state index in [0.717, 1.165) is 0 Å². The Bertz CT molecular complexity index is 644. The lowest BCUT2D eigenvalue weighted by atomic mass is 9.87. The van der Waals surface area contributed by atoms with E-state index in [2.05, 4.69) is 13.2 Å². The van der Waals surface area contributed by atoms with Crippen molar-refractivity contribution >= 4 is 5.78 Å². The Morgan fingerprint density at radius 3 is 1.88 bits per heavy atom. The third kappa shape index (κ3) is 6.12. The van der Waals surface area contributed by atoms with Gasteiger partial charge in [0.1, 0.15) is 0 Å². The van der Waals surface area contributed by atoms with Gasteiger partial charge in [-0.3, -0.25) is 4.79 Å². The van der Waals surface area contributed by atoms with Crippen LogP contribution in [0.2, 0.25) is 0 Å². The molecule has 25 heavy (non-hydrogen) atoms. The van der Waals surface area contributed by atoms with Crippen molar-refractivity contribution in [2.24, 2.45) is 0 Å². The van der Waals surface area contributed by atoms with E-state index in [9.17, 15) is 15.0 Å². The van der Waals surface area contributed by atoms with Crippen LogP contribution >= 0.6 is 0 Å². The average Bonchev–Trinajstić information content (AvgIpc) is 2.69. The molecule has 0 fully saturated rings. The molecule has 0 spiro atoms. The maximum absolute atomic E-state index is 12.3. The van der Waals surface area contributed by atoms with Gasteiger partial charge in [0.2, 0.25) is 5.78 Å². The summed E-state index contributed by atoms with van der Waals surface area (Å²) in [5, 5.41) is 19.8. The first-order chi connectivity index (χ1) is 12.1. The Balaban J connectivity index is 0.000000381. The van der Waals surface area contributed by atoms with Crippen LogP contribution in [0.25, 0.3) is 0 Å². The Kier molecular flexibility index (Phi) is 9.11. The molecule has 0 saturated carbocycles. The van der Waals surface area contributed by atoms with E-state index in [1.165, 1.54) is 0 Å². The van der Waals surface area contributed by atoms with Gasteiger partial charge < -0.3 is 14.9 Å². The molecule has 0 aliphatic heterocycles. The summed E-state index contributed by atoms with van der Waals surface area (Å²) < 4.78 is 4.90. The monoisotopic (exact) mass is 340 g/mol. The van der Waals surface area contributed by atoms with Crippen molar-refractivity contribution in [2.45, 2.75) is 5.60 Å². The molecule has 2 aromatic carbocycles. The van der Waals surface area contributed by atoms with Crippen molar-refractivity contribution in [2.75, 3.05) is 19.8 Å². The molecule has 0 amide bonds. The maximum Gasteiger partial charge on any atom is 0.201 e. The van der Waals surface area contributed by atoms with Gasteiger partial charge in [0.15, 0.2) is 5.60 Å². The largest absolute Gasteiger partial charge is 0.393 e. The van der Waals surface area contributed by atoms with E-state index in [1.807, 2.05) is 0 Å². The first kappa shape index (κ1) is 20.5. The minimum atomic E-state index is -1.89. The number of aliphatic hydroxyl groups excluding tert-OH is 1. The lowest BCUT2D eigenvalue weighted by molar-refractivity contribution is -0.00399. The number of hydrogen-bond acceptors (Lipinski definition) is 4. The summed E-state index contributed by atoms with van der Waals surface area (Å²) in [4.78, 5) is 12.3. The van der Waals surface area contributed by atoms with Gasteiger partial charge in [-0.1, -0.05) is 72.8 Å².